The normalized spacial score (nSPS) is 16.8. The van der Waals surface area contributed by atoms with Crippen molar-refractivity contribution in [3.05, 3.63) is 53.6 Å². The number of carboxylic acids is 1. The predicted octanol–water partition coefficient (Wildman–Crippen LogP) is 4.46. The molecule has 0 bridgehead atoms. The Kier molecular flexibility index (Phi) is 5.63. The number of ether oxygens (including phenoxy) is 1. The molecule has 1 unspecified atom stereocenters. The van der Waals surface area contributed by atoms with Crippen molar-refractivity contribution in [2.45, 2.75) is 12.8 Å². The van der Waals surface area contributed by atoms with E-state index in [1.54, 1.807) is 36.4 Å². The molecule has 0 spiro atoms. The topological polar surface area (TPSA) is 78.9 Å². The van der Waals surface area contributed by atoms with E-state index in [-0.39, 0.29) is 12.6 Å². The van der Waals surface area contributed by atoms with Gasteiger partial charge in [0.1, 0.15) is 11.5 Å². The number of carbonyl (C=O) groups excluding carboxylic acids is 1. The van der Waals surface area contributed by atoms with E-state index in [9.17, 15) is 9.59 Å². The molecule has 136 valence electrons. The van der Waals surface area contributed by atoms with Crippen LogP contribution >= 0.6 is 11.6 Å². The molecule has 2 amide bonds. The summed E-state index contributed by atoms with van der Waals surface area (Å²) in [4.78, 5) is 25.0. The van der Waals surface area contributed by atoms with E-state index in [1.165, 1.54) is 4.90 Å². The van der Waals surface area contributed by atoms with Crippen LogP contribution in [0.1, 0.15) is 12.8 Å². The average Bonchev–Trinajstić information content (AvgIpc) is 2.65. The van der Waals surface area contributed by atoms with Gasteiger partial charge < -0.3 is 20.1 Å². The highest BCUT2D eigenvalue weighted by molar-refractivity contribution is 6.32. The van der Waals surface area contributed by atoms with Gasteiger partial charge in [-0.05, 0) is 49.2 Å². The molecule has 0 saturated carbocycles. The largest absolute Gasteiger partial charge is 0.481 e. The SMILES string of the molecule is O=C(O)C1CCCN(C(=O)Nc2ccc(Oc3ccccc3Cl)cc2)C1. The van der Waals surface area contributed by atoms with E-state index < -0.39 is 11.9 Å². The van der Waals surface area contributed by atoms with Gasteiger partial charge in [0.15, 0.2) is 0 Å². The number of hydrogen-bond donors (Lipinski definition) is 2. The molecule has 3 rings (SSSR count). The summed E-state index contributed by atoms with van der Waals surface area (Å²) >= 11 is 6.06. The summed E-state index contributed by atoms with van der Waals surface area (Å²) in [7, 11) is 0. The molecule has 0 radical (unpaired) electrons. The van der Waals surface area contributed by atoms with Crippen molar-refractivity contribution in [3.8, 4) is 11.5 Å². The number of hydrogen-bond acceptors (Lipinski definition) is 3. The first-order valence-electron chi connectivity index (χ1n) is 8.34. The first-order valence-corrected chi connectivity index (χ1v) is 8.72. The number of aliphatic carboxylic acids is 1. The maximum absolute atomic E-state index is 12.3. The fourth-order valence-electron chi connectivity index (χ4n) is 2.83. The zero-order valence-corrected chi connectivity index (χ0v) is 14.8. The third-order valence-electron chi connectivity index (χ3n) is 4.23. The Labute approximate surface area is 156 Å². The van der Waals surface area contributed by atoms with Gasteiger partial charge in [-0.2, -0.15) is 0 Å². The minimum absolute atomic E-state index is 0.231. The predicted molar refractivity (Wildman–Crippen MR) is 98.9 cm³/mol. The quantitative estimate of drug-likeness (QED) is 0.828. The van der Waals surface area contributed by atoms with E-state index in [0.29, 0.717) is 41.6 Å². The number of carbonyl (C=O) groups is 2. The lowest BCUT2D eigenvalue weighted by Gasteiger charge is -2.30. The van der Waals surface area contributed by atoms with E-state index >= 15 is 0 Å². The molecular weight excluding hydrogens is 356 g/mol. The summed E-state index contributed by atoms with van der Waals surface area (Å²) in [5, 5.41) is 12.4. The molecule has 7 heteroatoms. The number of nitrogens with one attached hydrogen (secondary N) is 1. The van der Waals surface area contributed by atoms with Gasteiger partial charge in [0.2, 0.25) is 0 Å². The van der Waals surface area contributed by atoms with Gasteiger partial charge >= 0.3 is 12.0 Å². The molecule has 2 aromatic rings. The molecule has 0 aliphatic carbocycles. The summed E-state index contributed by atoms with van der Waals surface area (Å²) < 4.78 is 5.71. The smallest absolute Gasteiger partial charge is 0.321 e. The lowest BCUT2D eigenvalue weighted by atomic mass is 9.99. The van der Waals surface area contributed by atoms with Crippen LogP contribution in [-0.4, -0.2) is 35.1 Å². The fraction of sp³-hybridized carbons (Fsp3) is 0.263. The molecule has 1 aliphatic heterocycles. The van der Waals surface area contributed by atoms with Gasteiger partial charge in [-0.3, -0.25) is 4.79 Å². The lowest BCUT2D eigenvalue weighted by molar-refractivity contribution is -0.143. The molecule has 2 N–H and O–H groups in total. The Balaban J connectivity index is 1.59. The van der Waals surface area contributed by atoms with Gasteiger partial charge in [0.25, 0.3) is 0 Å². The molecule has 1 heterocycles. The lowest BCUT2D eigenvalue weighted by Crippen LogP contribution is -2.44. The second-order valence-corrected chi connectivity index (χ2v) is 6.52. The average molecular weight is 375 g/mol. The zero-order chi connectivity index (χ0) is 18.5. The fourth-order valence-corrected chi connectivity index (χ4v) is 3.00. The first kappa shape index (κ1) is 18.1. The maximum Gasteiger partial charge on any atom is 0.321 e. The van der Waals surface area contributed by atoms with E-state index in [0.717, 1.165) is 0 Å². The highest BCUT2D eigenvalue weighted by Crippen LogP contribution is 2.29. The van der Waals surface area contributed by atoms with Crippen molar-refractivity contribution < 1.29 is 19.4 Å². The highest BCUT2D eigenvalue weighted by atomic mass is 35.5. The second-order valence-electron chi connectivity index (χ2n) is 6.11. The highest BCUT2D eigenvalue weighted by Gasteiger charge is 2.28. The van der Waals surface area contributed by atoms with Crippen LogP contribution in [0, 0.1) is 5.92 Å². The minimum Gasteiger partial charge on any atom is -0.481 e. The molecule has 1 aliphatic rings. The Morgan fingerprint density at radius 2 is 1.88 bits per heavy atom. The monoisotopic (exact) mass is 374 g/mol. The van der Waals surface area contributed by atoms with Gasteiger partial charge in [-0.25, -0.2) is 4.79 Å². The molecule has 1 atom stereocenters. The second kappa shape index (κ2) is 8.10. The van der Waals surface area contributed by atoms with Crippen LogP contribution in [0.25, 0.3) is 0 Å². The molecule has 6 nitrogen and oxygen atoms in total. The van der Waals surface area contributed by atoms with Crippen molar-refractivity contribution in [2.75, 3.05) is 18.4 Å². The van der Waals surface area contributed by atoms with Crippen LogP contribution < -0.4 is 10.1 Å². The Morgan fingerprint density at radius 3 is 2.58 bits per heavy atom. The van der Waals surface area contributed by atoms with Crippen molar-refractivity contribution in [1.82, 2.24) is 4.90 Å². The summed E-state index contributed by atoms with van der Waals surface area (Å²) in [6.45, 7) is 0.790. The number of para-hydroxylation sites is 1. The Morgan fingerprint density at radius 1 is 1.15 bits per heavy atom. The first-order chi connectivity index (χ1) is 12.5. The summed E-state index contributed by atoms with van der Waals surface area (Å²) in [6, 6.07) is 13.8. The van der Waals surface area contributed by atoms with Crippen molar-refractivity contribution >= 4 is 29.3 Å². The summed E-state index contributed by atoms with van der Waals surface area (Å²) in [5.41, 5.74) is 0.610. The number of rotatable bonds is 4. The molecule has 26 heavy (non-hydrogen) atoms. The van der Waals surface area contributed by atoms with Crippen LogP contribution in [0.4, 0.5) is 10.5 Å². The van der Waals surface area contributed by atoms with Gasteiger partial charge in [-0.15, -0.1) is 0 Å². The summed E-state index contributed by atoms with van der Waals surface area (Å²) in [5.74, 6) is -0.205. The standard InChI is InChI=1S/C19H19ClN2O4/c20-16-5-1-2-6-17(16)26-15-9-7-14(8-10-15)21-19(25)22-11-3-4-13(12-22)18(23)24/h1-2,5-10,13H,3-4,11-12H2,(H,21,25)(H,23,24). The van der Waals surface area contributed by atoms with Crippen LogP contribution in [0.3, 0.4) is 0 Å². The zero-order valence-electron chi connectivity index (χ0n) is 14.0. The van der Waals surface area contributed by atoms with Crippen molar-refractivity contribution in [1.29, 1.82) is 0 Å². The third kappa shape index (κ3) is 4.46. The molecule has 1 fully saturated rings. The van der Waals surface area contributed by atoms with Gasteiger partial charge in [-0.1, -0.05) is 23.7 Å². The number of likely N-dealkylation sites (tertiary alicyclic amines) is 1. The number of nitrogens with zero attached hydrogens (tertiary/aromatic N) is 1. The van der Waals surface area contributed by atoms with E-state index in [4.69, 9.17) is 21.4 Å². The number of anilines is 1. The molecule has 0 aromatic heterocycles. The molecular formula is C19H19ClN2O4. The number of piperidine rings is 1. The van der Waals surface area contributed by atoms with E-state index in [2.05, 4.69) is 5.32 Å². The minimum atomic E-state index is -0.858. The number of benzene rings is 2. The molecule has 1 saturated heterocycles. The number of urea groups is 1. The summed E-state index contributed by atoms with van der Waals surface area (Å²) in [6.07, 6.45) is 1.29. The number of halogens is 1. The van der Waals surface area contributed by atoms with Gasteiger partial charge in [0, 0.05) is 18.8 Å². The van der Waals surface area contributed by atoms with Crippen LogP contribution in [-0.2, 0) is 4.79 Å². The Hall–Kier alpha value is -2.73. The maximum atomic E-state index is 12.3. The van der Waals surface area contributed by atoms with E-state index in [1.807, 2.05) is 12.1 Å². The number of amides is 2. The van der Waals surface area contributed by atoms with Gasteiger partial charge in [0.05, 0.1) is 10.9 Å². The van der Waals surface area contributed by atoms with Crippen LogP contribution in [0.2, 0.25) is 5.02 Å². The number of carboxylic acid groups (broad SMARTS) is 1. The van der Waals surface area contributed by atoms with Crippen molar-refractivity contribution in [3.63, 3.8) is 0 Å². The Bertz CT molecular complexity index is 794. The molecule has 2 aromatic carbocycles. The third-order valence-corrected chi connectivity index (χ3v) is 4.54. The van der Waals surface area contributed by atoms with Crippen LogP contribution in [0.5, 0.6) is 11.5 Å². The van der Waals surface area contributed by atoms with Crippen LogP contribution in [0.15, 0.2) is 48.5 Å². The van der Waals surface area contributed by atoms with Crippen molar-refractivity contribution in [2.24, 2.45) is 5.92 Å².